The van der Waals surface area contributed by atoms with E-state index in [1.807, 2.05) is 25.1 Å². The zero-order chi connectivity index (χ0) is 15.4. The summed E-state index contributed by atoms with van der Waals surface area (Å²) in [6.45, 7) is 1.84. The van der Waals surface area contributed by atoms with Gasteiger partial charge in [-0.1, -0.05) is 22.0 Å². The molecule has 4 nitrogen and oxygen atoms in total. The van der Waals surface area contributed by atoms with Crippen molar-refractivity contribution in [2.45, 2.75) is 6.92 Å². The third-order valence-electron chi connectivity index (χ3n) is 3.92. The van der Waals surface area contributed by atoms with Crippen LogP contribution < -0.4 is 0 Å². The normalized spacial score (nSPS) is 13.2. The Balaban J connectivity index is 2.12. The van der Waals surface area contributed by atoms with E-state index in [1.165, 1.54) is 6.20 Å². The summed E-state index contributed by atoms with van der Waals surface area (Å²) in [6, 6.07) is 8.91. The van der Waals surface area contributed by atoms with Crippen LogP contribution >= 0.6 is 15.9 Å². The topological polar surface area (TPSA) is 59.9 Å². The van der Waals surface area contributed by atoms with E-state index < -0.39 is 0 Å². The summed E-state index contributed by atoms with van der Waals surface area (Å²) in [5.74, 6) is -0.484. The van der Waals surface area contributed by atoms with Crippen molar-refractivity contribution in [3.63, 3.8) is 0 Å². The van der Waals surface area contributed by atoms with Crippen LogP contribution in [0.3, 0.4) is 0 Å². The SMILES string of the molecule is Cc1c2c(nc3cc(Br)ccc13)C(=O)c1cccnc1C2=O. The zero-order valence-corrected chi connectivity index (χ0v) is 13.1. The number of hydrogen-bond acceptors (Lipinski definition) is 4. The molecule has 1 aliphatic carbocycles. The lowest BCUT2D eigenvalue weighted by Gasteiger charge is -2.18. The van der Waals surface area contributed by atoms with Crippen molar-refractivity contribution in [3.05, 3.63) is 69.1 Å². The number of fused-ring (bicyclic) bond motifs is 3. The van der Waals surface area contributed by atoms with Crippen molar-refractivity contribution >= 4 is 38.4 Å². The highest BCUT2D eigenvalue weighted by Crippen LogP contribution is 2.31. The minimum absolute atomic E-state index is 0.210. The van der Waals surface area contributed by atoms with Crippen LogP contribution in [0.2, 0.25) is 0 Å². The summed E-state index contributed by atoms with van der Waals surface area (Å²) >= 11 is 3.40. The maximum absolute atomic E-state index is 12.7. The van der Waals surface area contributed by atoms with Crippen LogP contribution in [-0.2, 0) is 0 Å². The molecular weight excluding hydrogens is 344 g/mol. The summed E-state index contributed by atoms with van der Waals surface area (Å²) in [5.41, 5.74) is 2.57. The number of hydrogen-bond donors (Lipinski definition) is 0. The van der Waals surface area contributed by atoms with Gasteiger partial charge >= 0.3 is 0 Å². The Morgan fingerprint density at radius 1 is 1.05 bits per heavy atom. The monoisotopic (exact) mass is 352 g/mol. The van der Waals surface area contributed by atoms with Gasteiger partial charge in [-0.05, 0) is 36.8 Å². The van der Waals surface area contributed by atoms with Crippen molar-refractivity contribution in [3.8, 4) is 0 Å². The maximum atomic E-state index is 12.7. The Morgan fingerprint density at radius 2 is 1.86 bits per heavy atom. The van der Waals surface area contributed by atoms with Crippen LogP contribution in [0.4, 0.5) is 0 Å². The largest absolute Gasteiger partial charge is 0.287 e. The van der Waals surface area contributed by atoms with Crippen LogP contribution in [-0.4, -0.2) is 21.5 Å². The number of pyridine rings is 2. The summed E-state index contributed by atoms with van der Waals surface area (Å²) in [7, 11) is 0. The standard InChI is InChI=1S/C17H9BrN2O2/c1-8-10-5-4-9(18)7-12(10)20-15-13(8)17(22)14-11(16(15)21)3-2-6-19-14/h2-7H,1H3. The van der Waals surface area contributed by atoms with Crippen LogP contribution in [0.15, 0.2) is 41.0 Å². The third kappa shape index (κ3) is 1.69. The lowest BCUT2D eigenvalue weighted by atomic mass is 9.86. The van der Waals surface area contributed by atoms with E-state index in [0.717, 1.165) is 15.4 Å². The van der Waals surface area contributed by atoms with E-state index >= 15 is 0 Å². The average molecular weight is 353 g/mol. The van der Waals surface area contributed by atoms with Gasteiger partial charge in [0.2, 0.25) is 11.6 Å². The predicted molar refractivity (Wildman–Crippen MR) is 85.3 cm³/mol. The first-order valence-electron chi connectivity index (χ1n) is 6.72. The van der Waals surface area contributed by atoms with Crippen molar-refractivity contribution in [2.75, 3.05) is 0 Å². The van der Waals surface area contributed by atoms with Crippen molar-refractivity contribution in [1.29, 1.82) is 0 Å². The highest BCUT2D eigenvalue weighted by atomic mass is 79.9. The smallest absolute Gasteiger partial charge is 0.214 e. The molecule has 4 rings (SSSR count). The number of aromatic nitrogens is 2. The number of ketones is 2. The molecule has 2 heterocycles. The molecule has 1 aliphatic rings. The van der Waals surface area contributed by atoms with Gasteiger partial charge in [-0.2, -0.15) is 0 Å². The maximum Gasteiger partial charge on any atom is 0.214 e. The lowest BCUT2D eigenvalue weighted by molar-refractivity contribution is 0.0971. The molecule has 22 heavy (non-hydrogen) atoms. The molecule has 0 unspecified atom stereocenters. The highest BCUT2D eigenvalue weighted by molar-refractivity contribution is 9.10. The number of nitrogens with zero attached hydrogens (tertiary/aromatic N) is 2. The third-order valence-corrected chi connectivity index (χ3v) is 4.41. The van der Waals surface area contributed by atoms with E-state index in [1.54, 1.807) is 12.1 Å². The fourth-order valence-corrected chi connectivity index (χ4v) is 3.21. The molecule has 0 aliphatic heterocycles. The van der Waals surface area contributed by atoms with Gasteiger partial charge in [0.1, 0.15) is 11.4 Å². The van der Waals surface area contributed by atoms with Gasteiger partial charge in [-0.3, -0.25) is 14.6 Å². The molecule has 0 saturated carbocycles. The number of carbonyl (C=O) groups excluding carboxylic acids is 2. The predicted octanol–water partition coefficient (Wildman–Crippen LogP) is 3.48. The Hall–Kier alpha value is -2.40. The first-order chi connectivity index (χ1) is 10.6. The highest BCUT2D eigenvalue weighted by Gasteiger charge is 2.33. The minimum Gasteiger partial charge on any atom is -0.287 e. The summed E-state index contributed by atoms with van der Waals surface area (Å²) in [5, 5.41) is 0.863. The molecule has 0 amide bonds. The van der Waals surface area contributed by atoms with Crippen molar-refractivity contribution in [2.24, 2.45) is 0 Å². The van der Waals surface area contributed by atoms with Gasteiger partial charge in [0.25, 0.3) is 0 Å². The zero-order valence-electron chi connectivity index (χ0n) is 11.6. The van der Waals surface area contributed by atoms with Gasteiger partial charge in [-0.25, -0.2) is 4.98 Å². The molecular formula is C17H9BrN2O2. The Morgan fingerprint density at radius 3 is 2.68 bits per heavy atom. The van der Waals surface area contributed by atoms with E-state index in [-0.39, 0.29) is 23.0 Å². The van der Waals surface area contributed by atoms with Gasteiger partial charge in [0.15, 0.2) is 0 Å². The second kappa shape index (κ2) is 4.55. The molecule has 106 valence electrons. The first-order valence-corrected chi connectivity index (χ1v) is 7.51. The molecule has 1 aromatic carbocycles. The fraction of sp³-hybridized carbons (Fsp3) is 0.0588. The molecule has 0 atom stereocenters. The molecule has 2 aromatic heterocycles. The van der Waals surface area contributed by atoms with Crippen molar-refractivity contribution in [1.82, 2.24) is 9.97 Å². The number of aryl methyl sites for hydroxylation is 1. The van der Waals surface area contributed by atoms with E-state index in [0.29, 0.717) is 16.6 Å². The number of benzene rings is 1. The van der Waals surface area contributed by atoms with Gasteiger partial charge in [0.05, 0.1) is 16.6 Å². The van der Waals surface area contributed by atoms with Crippen molar-refractivity contribution < 1.29 is 9.59 Å². The molecule has 0 fully saturated rings. The quantitative estimate of drug-likeness (QED) is 0.486. The fourth-order valence-electron chi connectivity index (χ4n) is 2.86. The summed E-state index contributed by atoms with van der Waals surface area (Å²) < 4.78 is 0.878. The molecule has 0 spiro atoms. The van der Waals surface area contributed by atoms with E-state index in [2.05, 4.69) is 25.9 Å². The molecule has 0 saturated heterocycles. The number of carbonyl (C=O) groups is 2. The Bertz CT molecular complexity index is 995. The first kappa shape index (κ1) is 13.3. The second-order valence-corrected chi connectivity index (χ2v) is 6.10. The molecule has 5 heteroatoms. The second-order valence-electron chi connectivity index (χ2n) is 5.18. The molecule has 0 bridgehead atoms. The van der Waals surface area contributed by atoms with Gasteiger partial charge < -0.3 is 0 Å². The van der Waals surface area contributed by atoms with Crippen LogP contribution in [0.25, 0.3) is 10.9 Å². The molecule has 0 N–H and O–H groups in total. The van der Waals surface area contributed by atoms with Crippen LogP contribution in [0.1, 0.15) is 37.7 Å². The Kier molecular flexibility index (Phi) is 2.74. The number of halogens is 1. The number of rotatable bonds is 0. The van der Waals surface area contributed by atoms with Gasteiger partial charge in [0, 0.05) is 16.1 Å². The minimum atomic E-state index is -0.248. The molecule has 3 aromatic rings. The average Bonchev–Trinajstić information content (AvgIpc) is 2.52. The molecule has 0 radical (unpaired) electrons. The van der Waals surface area contributed by atoms with Crippen LogP contribution in [0, 0.1) is 6.92 Å². The lowest BCUT2D eigenvalue weighted by Crippen LogP contribution is -2.24. The Labute approximate surface area is 134 Å². The summed E-state index contributed by atoms with van der Waals surface area (Å²) in [6.07, 6.45) is 1.52. The van der Waals surface area contributed by atoms with E-state index in [9.17, 15) is 9.59 Å². The summed E-state index contributed by atoms with van der Waals surface area (Å²) in [4.78, 5) is 33.9. The van der Waals surface area contributed by atoms with Gasteiger partial charge in [-0.15, -0.1) is 0 Å². The van der Waals surface area contributed by atoms with E-state index in [4.69, 9.17) is 0 Å². The van der Waals surface area contributed by atoms with Crippen LogP contribution in [0.5, 0.6) is 0 Å².